The normalized spacial score (nSPS) is 18.5. The van der Waals surface area contributed by atoms with Crippen LogP contribution in [-0.2, 0) is 19.5 Å². The van der Waals surface area contributed by atoms with Crippen LogP contribution < -0.4 is 4.90 Å². The third-order valence-corrected chi connectivity index (χ3v) is 5.77. The van der Waals surface area contributed by atoms with E-state index in [1.54, 1.807) is 0 Å². The summed E-state index contributed by atoms with van der Waals surface area (Å²) in [6, 6.07) is 8.14. The maximum atomic E-state index is 5.99. The van der Waals surface area contributed by atoms with Crippen molar-refractivity contribution in [1.82, 2.24) is 19.8 Å². The van der Waals surface area contributed by atoms with Crippen molar-refractivity contribution in [2.75, 3.05) is 44.2 Å². The predicted molar refractivity (Wildman–Crippen MR) is 110 cm³/mol. The Labute approximate surface area is 167 Å². The van der Waals surface area contributed by atoms with E-state index in [1.165, 1.54) is 29.8 Å². The van der Waals surface area contributed by atoms with Crippen LogP contribution in [0.1, 0.15) is 30.2 Å². The van der Waals surface area contributed by atoms with Crippen molar-refractivity contribution in [2.45, 2.75) is 32.9 Å². The van der Waals surface area contributed by atoms with Crippen LogP contribution in [0.25, 0.3) is 0 Å². The molecule has 2 aromatic rings. The number of hydrogen-bond acceptors (Lipinski definition) is 5. The smallest absolute Gasteiger partial charge is 0.225 e. The Kier molecular flexibility index (Phi) is 5.91. The summed E-state index contributed by atoms with van der Waals surface area (Å²) in [5, 5.41) is 0.791. The zero-order valence-corrected chi connectivity index (χ0v) is 16.8. The van der Waals surface area contributed by atoms with Crippen molar-refractivity contribution in [1.29, 1.82) is 0 Å². The number of benzene rings is 1. The summed E-state index contributed by atoms with van der Waals surface area (Å²) in [7, 11) is 0. The van der Waals surface area contributed by atoms with Crippen molar-refractivity contribution >= 4 is 17.5 Å². The van der Waals surface area contributed by atoms with Crippen molar-refractivity contribution in [3.63, 3.8) is 0 Å². The number of anilines is 1. The van der Waals surface area contributed by atoms with Gasteiger partial charge < -0.3 is 4.90 Å². The highest BCUT2D eigenvalue weighted by Gasteiger charge is 2.22. The zero-order chi connectivity index (χ0) is 18.6. The van der Waals surface area contributed by atoms with Crippen LogP contribution in [0.15, 0.2) is 30.5 Å². The van der Waals surface area contributed by atoms with Crippen LogP contribution in [0.4, 0.5) is 5.95 Å². The molecule has 1 fully saturated rings. The molecule has 6 heteroatoms. The van der Waals surface area contributed by atoms with Gasteiger partial charge in [-0.1, -0.05) is 30.7 Å². The number of rotatable bonds is 5. The SMILES string of the molecule is CCCN1CCN(c2ncc3c(n2)CCN(Cc2ccc(Cl)cc2)C3)CC1. The molecule has 0 atom stereocenters. The molecule has 4 rings (SSSR count). The molecule has 1 aromatic heterocycles. The molecule has 144 valence electrons. The fourth-order valence-electron chi connectivity index (χ4n) is 3.99. The van der Waals surface area contributed by atoms with Gasteiger partial charge in [-0.3, -0.25) is 9.80 Å². The summed E-state index contributed by atoms with van der Waals surface area (Å²) in [6.07, 6.45) is 4.26. The Morgan fingerprint density at radius 3 is 2.52 bits per heavy atom. The average molecular weight is 386 g/mol. The number of aromatic nitrogens is 2. The standard InChI is InChI=1S/C21H28ClN5/c1-2-8-25-10-12-27(13-11-25)21-23-14-18-16-26(9-7-20(18)24-21)15-17-3-5-19(22)6-4-17/h3-6,14H,2,7-13,15-16H2,1H3. The summed E-state index contributed by atoms with van der Waals surface area (Å²) in [4.78, 5) is 16.9. The Balaban J connectivity index is 1.37. The van der Waals surface area contributed by atoms with E-state index in [2.05, 4.69) is 33.8 Å². The van der Waals surface area contributed by atoms with E-state index in [9.17, 15) is 0 Å². The first-order valence-corrected chi connectivity index (χ1v) is 10.4. The van der Waals surface area contributed by atoms with Crippen LogP contribution in [0.3, 0.4) is 0 Å². The van der Waals surface area contributed by atoms with Gasteiger partial charge in [0.25, 0.3) is 0 Å². The van der Waals surface area contributed by atoms with Gasteiger partial charge in [0.2, 0.25) is 5.95 Å². The van der Waals surface area contributed by atoms with Crippen molar-refractivity contribution in [2.24, 2.45) is 0 Å². The Hall–Kier alpha value is -1.69. The molecule has 27 heavy (non-hydrogen) atoms. The maximum Gasteiger partial charge on any atom is 0.225 e. The second-order valence-corrected chi connectivity index (χ2v) is 7.99. The lowest BCUT2D eigenvalue weighted by molar-refractivity contribution is 0.242. The number of fused-ring (bicyclic) bond motifs is 1. The fourth-order valence-corrected chi connectivity index (χ4v) is 4.11. The van der Waals surface area contributed by atoms with Gasteiger partial charge in [0.1, 0.15) is 0 Å². The second kappa shape index (κ2) is 8.55. The lowest BCUT2D eigenvalue weighted by atomic mass is 10.1. The third kappa shape index (κ3) is 4.60. The molecular weight excluding hydrogens is 358 g/mol. The molecule has 0 amide bonds. The highest BCUT2D eigenvalue weighted by Crippen LogP contribution is 2.22. The van der Waals surface area contributed by atoms with E-state index in [0.717, 1.165) is 63.2 Å². The molecule has 0 saturated carbocycles. The van der Waals surface area contributed by atoms with Gasteiger partial charge in [0, 0.05) is 69.0 Å². The van der Waals surface area contributed by atoms with Gasteiger partial charge in [0.05, 0.1) is 5.69 Å². The van der Waals surface area contributed by atoms with Crippen molar-refractivity contribution in [3.8, 4) is 0 Å². The van der Waals surface area contributed by atoms with E-state index in [4.69, 9.17) is 21.6 Å². The fraction of sp³-hybridized carbons (Fsp3) is 0.524. The molecule has 3 heterocycles. The van der Waals surface area contributed by atoms with E-state index in [0.29, 0.717) is 0 Å². The van der Waals surface area contributed by atoms with E-state index in [1.807, 2.05) is 18.3 Å². The van der Waals surface area contributed by atoms with Crippen LogP contribution in [0.5, 0.6) is 0 Å². The molecule has 0 aliphatic carbocycles. The lowest BCUT2D eigenvalue weighted by Crippen LogP contribution is -2.47. The van der Waals surface area contributed by atoms with Gasteiger partial charge in [-0.2, -0.15) is 0 Å². The monoisotopic (exact) mass is 385 g/mol. The van der Waals surface area contributed by atoms with Gasteiger partial charge in [0.15, 0.2) is 0 Å². The van der Waals surface area contributed by atoms with Crippen molar-refractivity contribution in [3.05, 3.63) is 52.3 Å². The molecule has 5 nitrogen and oxygen atoms in total. The summed E-state index contributed by atoms with van der Waals surface area (Å²) in [6.45, 7) is 10.6. The number of nitrogens with zero attached hydrogens (tertiary/aromatic N) is 5. The highest BCUT2D eigenvalue weighted by molar-refractivity contribution is 6.30. The molecule has 0 radical (unpaired) electrons. The van der Waals surface area contributed by atoms with Gasteiger partial charge in [-0.15, -0.1) is 0 Å². The first-order chi connectivity index (χ1) is 13.2. The second-order valence-electron chi connectivity index (χ2n) is 7.56. The van der Waals surface area contributed by atoms with Crippen LogP contribution in [0.2, 0.25) is 5.02 Å². The third-order valence-electron chi connectivity index (χ3n) is 5.51. The topological polar surface area (TPSA) is 35.5 Å². The minimum atomic E-state index is 0.791. The van der Waals surface area contributed by atoms with Gasteiger partial charge >= 0.3 is 0 Å². The van der Waals surface area contributed by atoms with E-state index >= 15 is 0 Å². The molecule has 1 saturated heterocycles. The molecular formula is C21H28ClN5. The molecule has 0 N–H and O–H groups in total. The first-order valence-electron chi connectivity index (χ1n) is 10.00. The van der Waals surface area contributed by atoms with Crippen molar-refractivity contribution < 1.29 is 0 Å². The molecule has 0 unspecified atom stereocenters. The minimum Gasteiger partial charge on any atom is -0.338 e. The summed E-state index contributed by atoms with van der Waals surface area (Å²) in [5.41, 5.74) is 3.79. The highest BCUT2D eigenvalue weighted by atomic mass is 35.5. The van der Waals surface area contributed by atoms with Crippen LogP contribution >= 0.6 is 11.6 Å². The predicted octanol–water partition coefficient (Wildman–Crippen LogP) is 3.22. The lowest BCUT2D eigenvalue weighted by Gasteiger charge is -2.35. The van der Waals surface area contributed by atoms with E-state index in [-0.39, 0.29) is 0 Å². The number of piperazine rings is 1. The van der Waals surface area contributed by atoms with Gasteiger partial charge in [-0.25, -0.2) is 9.97 Å². The van der Waals surface area contributed by atoms with Gasteiger partial charge in [-0.05, 0) is 30.7 Å². The molecule has 0 bridgehead atoms. The Morgan fingerprint density at radius 1 is 1.00 bits per heavy atom. The molecule has 1 aromatic carbocycles. The largest absolute Gasteiger partial charge is 0.338 e. The maximum absolute atomic E-state index is 5.99. The average Bonchev–Trinajstić information content (AvgIpc) is 2.70. The number of halogens is 1. The Bertz CT molecular complexity index is 756. The zero-order valence-electron chi connectivity index (χ0n) is 16.1. The summed E-state index contributed by atoms with van der Waals surface area (Å²) >= 11 is 5.99. The van der Waals surface area contributed by atoms with Crippen LogP contribution in [-0.4, -0.2) is 59.0 Å². The summed E-state index contributed by atoms with van der Waals surface area (Å²) in [5.74, 6) is 0.913. The minimum absolute atomic E-state index is 0.791. The molecule has 0 spiro atoms. The molecule has 2 aliphatic heterocycles. The molecule has 2 aliphatic rings. The van der Waals surface area contributed by atoms with E-state index < -0.39 is 0 Å². The number of hydrogen-bond donors (Lipinski definition) is 0. The van der Waals surface area contributed by atoms with Crippen LogP contribution in [0, 0.1) is 0 Å². The Morgan fingerprint density at radius 2 is 1.78 bits per heavy atom. The summed E-state index contributed by atoms with van der Waals surface area (Å²) < 4.78 is 0. The first kappa shape index (κ1) is 18.7. The quantitative estimate of drug-likeness (QED) is 0.789.